The van der Waals surface area contributed by atoms with Gasteiger partial charge in [-0.25, -0.2) is 0 Å². The van der Waals surface area contributed by atoms with Crippen LogP contribution >= 0.6 is 23.6 Å². The molecule has 2 aromatic rings. The van der Waals surface area contributed by atoms with Crippen LogP contribution in [-0.2, 0) is 0 Å². The molecule has 0 unspecified atom stereocenters. The van der Waals surface area contributed by atoms with Gasteiger partial charge in [-0.1, -0.05) is 29.8 Å². The molecule has 2 rings (SSSR count). The van der Waals surface area contributed by atoms with E-state index < -0.39 is 0 Å². The summed E-state index contributed by atoms with van der Waals surface area (Å²) in [6, 6.07) is 8.40. The van der Waals surface area contributed by atoms with Crippen molar-refractivity contribution in [3.63, 3.8) is 0 Å². The van der Waals surface area contributed by atoms with E-state index in [9.17, 15) is 0 Å². The van der Waals surface area contributed by atoms with Crippen LogP contribution in [0, 0.1) is 10.9 Å². The highest BCUT2D eigenvalue weighted by atomic mass is 32.1. The highest BCUT2D eigenvalue weighted by Crippen LogP contribution is 2.19. The summed E-state index contributed by atoms with van der Waals surface area (Å²) in [6.07, 6.45) is 0. The standard InChI is InChI=1S/C10H9NS2/c1-7-2-4-8(5-3-7)9-6-13-10(12)11-9/h2-6H,1H3,(H,11,12). The highest BCUT2D eigenvalue weighted by Gasteiger charge is 1.97. The van der Waals surface area contributed by atoms with E-state index in [2.05, 4.69) is 36.2 Å². The molecule has 0 aliphatic heterocycles. The lowest BCUT2D eigenvalue weighted by atomic mass is 10.1. The van der Waals surface area contributed by atoms with E-state index in [4.69, 9.17) is 12.2 Å². The van der Waals surface area contributed by atoms with Crippen LogP contribution in [-0.4, -0.2) is 4.98 Å². The van der Waals surface area contributed by atoms with Gasteiger partial charge in [-0.2, -0.15) is 0 Å². The first-order valence-electron chi connectivity index (χ1n) is 4.00. The van der Waals surface area contributed by atoms with E-state index in [1.807, 2.05) is 5.38 Å². The largest absolute Gasteiger partial charge is 0.337 e. The molecule has 66 valence electrons. The number of thiazole rings is 1. The van der Waals surface area contributed by atoms with Gasteiger partial charge in [0.05, 0.1) is 5.69 Å². The average Bonchev–Trinajstić information content (AvgIpc) is 2.53. The normalized spacial score (nSPS) is 10.2. The minimum Gasteiger partial charge on any atom is -0.337 e. The Labute approximate surface area is 86.1 Å². The maximum absolute atomic E-state index is 5.02. The molecule has 1 nitrogen and oxygen atoms in total. The first kappa shape index (κ1) is 8.66. The maximum Gasteiger partial charge on any atom is 0.158 e. The van der Waals surface area contributed by atoms with E-state index in [1.54, 1.807) is 11.3 Å². The number of hydrogen-bond acceptors (Lipinski definition) is 2. The van der Waals surface area contributed by atoms with Crippen molar-refractivity contribution in [2.75, 3.05) is 0 Å². The molecule has 0 atom stereocenters. The van der Waals surface area contributed by atoms with Gasteiger partial charge < -0.3 is 4.98 Å². The van der Waals surface area contributed by atoms with Crippen LogP contribution in [0.25, 0.3) is 11.3 Å². The quantitative estimate of drug-likeness (QED) is 0.704. The fourth-order valence-corrected chi connectivity index (χ4v) is 2.00. The molecular weight excluding hydrogens is 198 g/mol. The summed E-state index contributed by atoms with van der Waals surface area (Å²) in [5, 5.41) is 2.05. The maximum atomic E-state index is 5.02. The molecule has 13 heavy (non-hydrogen) atoms. The number of benzene rings is 1. The Bertz CT molecular complexity index is 450. The minimum atomic E-state index is 0.829. The molecule has 1 heterocycles. The Morgan fingerprint density at radius 1 is 1.23 bits per heavy atom. The molecule has 0 fully saturated rings. The second-order valence-corrected chi connectivity index (χ2v) is 4.47. The van der Waals surface area contributed by atoms with Crippen molar-refractivity contribution in [2.24, 2.45) is 0 Å². The smallest absolute Gasteiger partial charge is 0.158 e. The van der Waals surface area contributed by atoms with Crippen molar-refractivity contribution < 1.29 is 0 Å². The topological polar surface area (TPSA) is 15.8 Å². The van der Waals surface area contributed by atoms with Crippen LogP contribution in [0.5, 0.6) is 0 Å². The number of hydrogen-bond donors (Lipinski definition) is 1. The summed E-state index contributed by atoms with van der Waals surface area (Å²) in [6.45, 7) is 2.08. The number of aryl methyl sites for hydroxylation is 1. The molecule has 0 spiro atoms. The van der Waals surface area contributed by atoms with Gasteiger partial charge in [-0.15, -0.1) is 11.3 Å². The molecular formula is C10H9NS2. The summed E-state index contributed by atoms with van der Waals surface area (Å²) in [5.41, 5.74) is 3.57. The van der Waals surface area contributed by atoms with E-state index in [0.717, 1.165) is 9.65 Å². The molecule has 1 aromatic heterocycles. The lowest BCUT2D eigenvalue weighted by Crippen LogP contribution is -1.77. The molecule has 0 bridgehead atoms. The van der Waals surface area contributed by atoms with Crippen LogP contribution in [0.3, 0.4) is 0 Å². The molecule has 0 saturated heterocycles. The minimum absolute atomic E-state index is 0.829. The summed E-state index contributed by atoms with van der Waals surface area (Å²) in [4.78, 5) is 3.15. The molecule has 0 aliphatic carbocycles. The zero-order chi connectivity index (χ0) is 9.26. The Morgan fingerprint density at radius 3 is 2.46 bits per heavy atom. The van der Waals surface area contributed by atoms with Crippen molar-refractivity contribution >= 4 is 23.6 Å². The third-order valence-electron chi connectivity index (χ3n) is 1.88. The lowest BCUT2D eigenvalue weighted by molar-refractivity contribution is 1.38. The second-order valence-electron chi connectivity index (χ2n) is 2.93. The molecule has 0 amide bonds. The number of aromatic amines is 1. The first-order valence-corrected chi connectivity index (χ1v) is 5.29. The van der Waals surface area contributed by atoms with Gasteiger partial charge in [0.1, 0.15) is 0 Å². The molecule has 0 radical (unpaired) electrons. The molecule has 0 saturated carbocycles. The third kappa shape index (κ3) is 1.87. The Balaban J connectivity index is 2.47. The van der Waals surface area contributed by atoms with Crippen molar-refractivity contribution in [3.8, 4) is 11.3 Å². The average molecular weight is 207 g/mol. The Hall–Kier alpha value is -0.930. The highest BCUT2D eigenvalue weighted by molar-refractivity contribution is 7.73. The van der Waals surface area contributed by atoms with Gasteiger partial charge in [-0.3, -0.25) is 0 Å². The summed E-state index contributed by atoms with van der Waals surface area (Å²) in [5.74, 6) is 0. The Kier molecular flexibility index (Phi) is 2.29. The van der Waals surface area contributed by atoms with Crippen LogP contribution in [0.1, 0.15) is 5.56 Å². The number of rotatable bonds is 1. The zero-order valence-corrected chi connectivity index (χ0v) is 8.84. The van der Waals surface area contributed by atoms with Gasteiger partial charge in [0.2, 0.25) is 0 Å². The number of nitrogens with one attached hydrogen (secondary N) is 1. The monoisotopic (exact) mass is 207 g/mol. The van der Waals surface area contributed by atoms with Crippen molar-refractivity contribution in [1.29, 1.82) is 0 Å². The van der Waals surface area contributed by atoms with Gasteiger partial charge in [-0.05, 0) is 24.7 Å². The fraction of sp³-hybridized carbons (Fsp3) is 0.100. The predicted molar refractivity (Wildman–Crippen MR) is 59.7 cm³/mol. The van der Waals surface area contributed by atoms with E-state index >= 15 is 0 Å². The van der Waals surface area contributed by atoms with Gasteiger partial charge in [0, 0.05) is 5.38 Å². The number of aromatic nitrogens is 1. The zero-order valence-electron chi connectivity index (χ0n) is 7.20. The van der Waals surface area contributed by atoms with Crippen molar-refractivity contribution in [2.45, 2.75) is 6.92 Å². The molecule has 1 aromatic carbocycles. The molecule has 3 heteroatoms. The van der Waals surface area contributed by atoms with Crippen LogP contribution < -0.4 is 0 Å². The fourth-order valence-electron chi connectivity index (χ4n) is 1.15. The van der Waals surface area contributed by atoms with Gasteiger partial charge in [0.15, 0.2) is 3.95 Å². The lowest BCUT2D eigenvalue weighted by Gasteiger charge is -1.97. The summed E-state index contributed by atoms with van der Waals surface area (Å²) in [7, 11) is 0. The van der Waals surface area contributed by atoms with Gasteiger partial charge in [0.25, 0.3) is 0 Å². The van der Waals surface area contributed by atoms with Crippen LogP contribution in [0.4, 0.5) is 0 Å². The predicted octanol–water partition coefficient (Wildman–Crippen LogP) is 3.78. The molecule has 1 N–H and O–H groups in total. The van der Waals surface area contributed by atoms with E-state index in [0.29, 0.717) is 0 Å². The van der Waals surface area contributed by atoms with Gasteiger partial charge >= 0.3 is 0 Å². The third-order valence-corrected chi connectivity index (χ3v) is 2.94. The van der Waals surface area contributed by atoms with E-state index in [1.165, 1.54) is 11.1 Å². The number of H-pyrrole nitrogens is 1. The van der Waals surface area contributed by atoms with Crippen molar-refractivity contribution in [3.05, 3.63) is 39.2 Å². The molecule has 0 aliphatic rings. The van der Waals surface area contributed by atoms with Crippen LogP contribution in [0.15, 0.2) is 29.6 Å². The van der Waals surface area contributed by atoms with E-state index in [-0.39, 0.29) is 0 Å². The van der Waals surface area contributed by atoms with Crippen molar-refractivity contribution in [1.82, 2.24) is 4.98 Å². The summed E-state index contributed by atoms with van der Waals surface area (Å²) >= 11 is 6.58. The second kappa shape index (κ2) is 3.44. The van der Waals surface area contributed by atoms with Crippen LogP contribution in [0.2, 0.25) is 0 Å². The Morgan fingerprint density at radius 2 is 1.92 bits per heavy atom. The SMILES string of the molecule is Cc1ccc(-c2csc(=S)[nH]2)cc1. The first-order chi connectivity index (χ1) is 6.25. The summed E-state index contributed by atoms with van der Waals surface area (Å²) < 4.78 is 0.829.